The van der Waals surface area contributed by atoms with Gasteiger partial charge >= 0.3 is 0 Å². The van der Waals surface area contributed by atoms with E-state index >= 15 is 0 Å². The number of amides is 1. The van der Waals surface area contributed by atoms with Gasteiger partial charge in [0.25, 0.3) is 5.91 Å². The number of allylic oxidation sites excluding steroid dienone is 1. The van der Waals surface area contributed by atoms with Gasteiger partial charge in [-0.2, -0.15) is 0 Å². The molecule has 1 amide bonds. The van der Waals surface area contributed by atoms with Crippen LogP contribution >= 0.6 is 0 Å². The van der Waals surface area contributed by atoms with E-state index in [1.807, 2.05) is 11.8 Å². The molecule has 0 radical (unpaired) electrons. The first-order valence-electron chi connectivity index (χ1n) is 13.4. The molecule has 2 saturated heterocycles. The highest BCUT2D eigenvalue weighted by molar-refractivity contribution is 5.91. The summed E-state index contributed by atoms with van der Waals surface area (Å²) >= 11 is 0. The summed E-state index contributed by atoms with van der Waals surface area (Å²) in [6, 6.07) is 0.630. The van der Waals surface area contributed by atoms with Crippen molar-refractivity contribution in [2.45, 2.75) is 89.9 Å². The largest absolute Gasteiger partial charge is 0.459 e. The molecule has 0 unspecified atom stereocenters. The fraction of sp³-hybridized carbons (Fsp3) is 0.885. The molecule has 0 spiro atoms. The minimum atomic E-state index is -0.382. The summed E-state index contributed by atoms with van der Waals surface area (Å²) in [6.45, 7) is 6.84. The van der Waals surface area contributed by atoms with E-state index < -0.39 is 0 Å². The first kappa shape index (κ1) is 24.0. The van der Waals surface area contributed by atoms with Crippen LogP contribution in [0.3, 0.4) is 0 Å². The number of aliphatic hydroxyl groups is 1. The van der Waals surface area contributed by atoms with E-state index in [4.69, 9.17) is 9.47 Å². The Morgan fingerprint density at radius 2 is 1.78 bits per heavy atom. The van der Waals surface area contributed by atoms with Gasteiger partial charge < -0.3 is 24.4 Å². The average molecular weight is 449 g/mol. The number of aliphatic hydroxyl groups excluding tert-OH is 1. The number of carbonyl (C=O) groups is 1. The summed E-state index contributed by atoms with van der Waals surface area (Å²) < 4.78 is 12.3. The van der Waals surface area contributed by atoms with Crippen LogP contribution in [0.25, 0.3) is 0 Å². The molecule has 32 heavy (non-hydrogen) atoms. The lowest BCUT2D eigenvalue weighted by atomic mass is 9.76. The SMILES string of the molecule is CCO[C@H]1OC(C(=O)N2CCC(N3CCCCC3)CC2)=C[C@@H](C2CCCC2)[C@@H]1CCCO. The Morgan fingerprint density at radius 1 is 1.06 bits per heavy atom. The quantitative estimate of drug-likeness (QED) is 0.610. The van der Waals surface area contributed by atoms with E-state index in [1.165, 1.54) is 58.0 Å². The Hall–Kier alpha value is -1.11. The average Bonchev–Trinajstić information content (AvgIpc) is 3.38. The molecule has 1 N–H and O–H groups in total. The standard InChI is InChI=1S/C26H44N2O4/c1-2-31-26-22(11-8-18-29)23(20-9-4-5-10-20)19-24(32-26)25(30)28-16-12-21(13-17-28)27-14-6-3-7-15-27/h19-23,26,29H,2-18H2,1H3/t22-,23-,26-/m0/s1. The fourth-order valence-electron chi connectivity index (χ4n) is 6.53. The number of piperidine rings is 2. The molecule has 0 aromatic carbocycles. The van der Waals surface area contributed by atoms with E-state index in [2.05, 4.69) is 11.0 Å². The predicted octanol–water partition coefficient (Wildman–Crippen LogP) is 3.94. The monoisotopic (exact) mass is 448 g/mol. The van der Waals surface area contributed by atoms with Crippen molar-refractivity contribution in [3.8, 4) is 0 Å². The molecule has 4 rings (SSSR count). The maximum atomic E-state index is 13.5. The number of carbonyl (C=O) groups excluding carboxylic acids is 1. The van der Waals surface area contributed by atoms with Crippen LogP contribution in [0.5, 0.6) is 0 Å². The van der Waals surface area contributed by atoms with E-state index in [1.54, 1.807) is 0 Å². The topological polar surface area (TPSA) is 62.2 Å². The number of nitrogens with zero attached hydrogens (tertiary/aromatic N) is 2. The Labute approximate surface area is 194 Å². The van der Waals surface area contributed by atoms with E-state index in [0.29, 0.717) is 30.2 Å². The van der Waals surface area contributed by atoms with Crippen molar-refractivity contribution < 1.29 is 19.4 Å². The summed E-state index contributed by atoms with van der Waals surface area (Å²) in [4.78, 5) is 18.1. The summed E-state index contributed by atoms with van der Waals surface area (Å²) in [5.41, 5.74) is 0. The van der Waals surface area contributed by atoms with Gasteiger partial charge in [-0.15, -0.1) is 0 Å². The lowest BCUT2D eigenvalue weighted by Gasteiger charge is -2.42. The normalized spacial score (nSPS) is 30.9. The molecule has 0 bridgehead atoms. The van der Waals surface area contributed by atoms with Crippen LogP contribution in [-0.2, 0) is 14.3 Å². The van der Waals surface area contributed by atoms with E-state index in [-0.39, 0.29) is 24.7 Å². The van der Waals surface area contributed by atoms with Crippen LogP contribution in [0.1, 0.15) is 77.6 Å². The molecule has 3 atom stereocenters. The Kier molecular flexibility index (Phi) is 8.90. The van der Waals surface area contributed by atoms with Crippen molar-refractivity contribution in [2.24, 2.45) is 17.8 Å². The van der Waals surface area contributed by atoms with Crippen LogP contribution in [0.2, 0.25) is 0 Å². The van der Waals surface area contributed by atoms with Gasteiger partial charge in [-0.25, -0.2) is 0 Å². The van der Waals surface area contributed by atoms with Crippen molar-refractivity contribution >= 4 is 5.91 Å². The van der Waals surface area contributed by atoms with Gasteiger partial charge in [0.15, 0.2) is 5.76 Å². The van der Waals surface area contributed by atoms with E-state index in [9.17, 15) is 9.90 Å². The smallest absolute Gasteiger partial charge is 0.288 e. The maximum Gasteiger partial charge on any atom is 0.288 e. The number of ether oxygens (including phenoxy) is 2. The van der Waals surface area contributed by atoms with Crippen LogP contribution < -0.4 is 0 Å². The molecule has 6 nitrogen and oxygen atoms in total. The molecule has 3 heterocycles. The van der Waals surface area contributed by atoms with Crippen LogP contribution in [0.4, 0.5) is 0 Å². The molecule has 1 saturated carbocycles. The minimum absolute atomic E-state index is 0.0513. The van der Waals surface area contributed by atoms with Crippen LogP contribution in [0, 0.1) is 17.8 Å². The molecule has 182 valence electrons. The third-order valence-corrected chi connectivity index (χ3v) is 8.27. The molecule has 4 aliphatic rings. The first-order chi connectivity index (χ1) is 15.7. The highest BCUT2D eigenvalue weighted by atomic mass is 16.7. The second-order valence-electron chi connectivity index (χ2n) is 10.2. The number of likely N-dealkylation sites (tertiary alicyclic amines) is 2. The van der Waals surface area contributed by atoms with Gasteiger partial charge in [0, 0.05) is 38.3 Å². The fourth-order valence-corrected chi connectivity index (χ4v) is 6.53. The zero-order valence-electron chi connectivity index (χ0n) is 20.1. The van der Waals surface area contributed by atoms with Gasteiger partial charge in [-0.05, 0) is 89.3 Å². The predicted molar refractivity (Wildman–Crippen MR) is 125 cm³/mol. The molecular formula is C26H44N2O4. The number of hydrogen-bond donors (Lipinski definition) is 1. The number of rotatable bonds is 8. The van der Waals surface area contributed by atoms with Crippen molar-refractivity contribution in [3.63, 3.8) is 0 Å². The molecule has 1 aliphatic carbocycles. The highest BCUT2D eigenvalue weighted by Crippen LogP contribution is 2.43. The Balaban J connectivity index is 1.44. The minimum Gasteiger partial charge on any atom is -0.459 e. The van der Waals surface area contributed by atoms with Crippen molar-refractivity contribution in [2.75, 3.05) is 39.4 Å². The Bertz CT molecular complexity index is 619. The maximum absolute atomic E-state index is 13.5. The third-order valence-electron chi connectivity index (χ3n) is 8.27. The van der Waals surface area contributed by atoms with Gasteiger partial charge in [0.05, 0.1) is 0 Å². The van der Waals surface area contributed by atoms with Gasteiger partial charge in [-0.3, -0.25) is 4.79 Å². The lowest BCUT2D eigenvalue weighted by molar-refractivity contribution is -0.179. The van der Waals surface area contributed by atoms with Crippen molar-refractivity contribution in [1.29, 1.82) is 0 Å². The van der Waals surface area contributed by atoms with Gasteiger partial charge in [-0.1, -0.05) is 19.3 Å². The lowest BCUT2D eigenvalue weighted by Crippen LogP contribution is -2.49. The van der Waals surface area contributed by atoms with E-state index in [0.717, 1.165) is 38.8 Å². The van der Waals surface area contributed by atoms with Gasteiger partial charge in [0.2, 0.25) is 6.29 Å². The second kappa shape index (κ2) is 11.8. The highest BCUT2D eigenvalue weighted by Gasteiger charge is 2.42. The summed E-state index contributed by atoms with van der Waals surface area (Å²) in [7, 11) is 0. The molecule has 0 aromatic rings. The molecule has 6 heteroatoms. The summed E-state index contributed by atoms with van der Waals surface area (Å²) in [5.74, 6) is 1.68. The molecule has 3 fully saturated rings. The van der Waals surface area contributed by atoms with Crippen LogP contribution in [0.15, 0.2) is 11.8 Å². The van der Waals surface area contributed by atoms with Gasteiger partial charge in [0.1, 0.15) is 0 Å². The van der Waals surface area contributed by atoms with Crippen LogP contribution in [-0.4, -0.2) is 72.5 Å². The molecule has 0 aromatic heterocycles. The Morgan fingerprint density at radius 3 is 2.44 bits per heavy atom. The summed E-state index contributed by atoms with van der Waals surface area (Å²) in [6.07, 6.45) is 14.5. The number of hydrogen-bond acceptors (Lipinski definition) is 5. The molecule has 3 aliphatic heterocycles. The molecular weight excluding hydrogens is 404 g/mol. The zero-order chi connectivity index (χ0) is 22.3. The second-order valence-corrected chi connectivity index (χ2v) is 10.2. The van der Waals surface area contributed by atoms with Crippen molar-refractivity contribution in [3.05, 3.63) is 11.8 Å². The summed E-state index contributed by atoms with van der Waals surface area (Å²) in [5, 5.41) is 9.43. The van der Waals surface area contributed by atoms with Crippen molar-refractivity contribution in [1.82, 2.24) is 9.80 Å². The first-order valence-corrected chi connectivity index (χ1v) is 13.4. The zero-order valence-corrected chi connectivity index (χ0v) is 20.1. The third kappa shape index (κ3) is 5.68.